The van der Waals surface area contributed by atoms with Crippen molar-refractivity contribution in [3.05, 3.63) is 55.2 Å². The molecule has 2 aromatic heterocycles. The van der Waals surface area contributed by atoms with Gasteiger partial charge in [-0.2, -0.15) is 0 Å². The number of rotatable bonds is 5. The molecule has 0 amide bonds. The predicted octanol–water partition coefficient (Wildman–Crippen LogP) is 4.19. The minimum absolute atomic E-state index is 0.0313. The van der Waals surface area contributed by atoms with Crippen LogP contribution in [0.4, 0.5) is 4.39 Å². The van der Waals surface area contributed by atoms with Crippen molar-refractivity contribution in [2.45, 2.75) is 38.1 Å². The summed E-state index contributed by atoms with van der Waals surface area (Å²) in [5.74, 6) is -0.743. The SMILES string of the molecule is [N-]=[N+]=NC1CCC(Cc2nonc2-c2noc(=O)n2-c2ccc(F)c(Br)c2)CC1. The zero-order valence-corrected chi connectivity index (χ0v) is 16.6. The van der Waals surface area contributed by atoms with E-state index >= 15 is 0 Å². The van der Waals surface area contributed by atoms with Gasteiger partial charge < -0.3 is 0 Å². The molecule has 1 saturated carbocycles. The highest BCUT2D eigenvalue weighted by atomic mass is 79.9. The molecular formula is C17H15BrFN7O3. The molecular weight excluding hydrogens is 449 g/mol. The van der Waals surface area contributed by atoms with Gasteiger partial charge in [-0.05, 0) is 82.8 Å². The average molecular weight is 464 g/mol. The first-order chi connectivity index (χ1) is 14.1. The van der Waals surface area contributed by atoms with Crippen molar-refractivity contribution in [2.24, 2.45) is 11.0 Å². The molecule has 0 aliphatic heterocycles. The molecule has 12 heteroatoms. The Kier molecular flexibility index (Phi) is 5.45. The van der Waals surface area contributed by atoms with Crippen LogP contribution in [0.5, 0.6) is 0 Å². The molecule has 3 aromatic rings. The van der Waals surface area contributed by atoms with E-state index < -0.39 is 11.6 Å². The monoisotopic (exact) mass is 463 g/mol. The van der Waals surface area contributed by atoms with Crippen LogP contribution >= 0.6 is 15.9 Å². The lowest BCUT2D eigenvalue weighted by Gasteiger charge is -2.24. The summed E-state index contributed by atoms with van der Waals surface area (Å²) in [4.78, 5) is 15.1. The van der Waals surface area contributed by atoms with Crippen LogP contribution in [0.2, 0.25) is 0 Å². The molecule has 4 rings (SSSR count). The minimum atomic E-state index is -0.734. The maximum absolute atomic E-state index is 13.6. The lowest BCUT2D eigenvalue weighted by Crippen LogP contribution is -2.19. The van der Waals surface area contributed by atoms with Gasteiger partial charge in [-0.1, -0.05) is 15.4 Å². The average Bonchev–Trinajstić information content (AvgIpc) is 3.32. The van der Waals surface area contributed by atoms with Crippen molar-refractivity contribution in [1.29, 1.82) is 0 Å². The molecule has 0 saturated heterocycles. The summed E-state index contributed by atoms with van der Waals surface area (Å²) in [7, 11) is 0. The van der Waals surface area contributed by atoms with Gasteiger partial charge in [-0.15, -0.1) is 0 Å². The lowest BCUT2D eigenvalue weighted by atomic mass is 9.83. The molecule has 150 valence electrons. The quantitative estimate of drug-likeness (QED) is 0.316. The summed E-state index contributed by atoms with van der Waals surface area (Å²) in [5, 5.41) is 15.5. The molecule has 0 radical (unpaired) electrons. The van der Waals surface area contributed by atoms with Gasteiger partial charge in [0, 0.05) is 11.0 Å². The maximum Gasteiger partial charge on any atom is 0.446 e. The molecule has 1 fully saturated rings. The fourth-order valence-corrected chi connectivity index (χ4v) is 3.94. The normalized spacial score (nSPS) is 19.1. The van der Waals surface area contributed by atoms with Crippen LogP contribution in [0.3, 0.4) is 0 Å². The van der Waals surface area contributed by atoms with Gasteiger partial charge in [0.05, 0.1) is 10.2 Å². The van der Waals surface area contributed by atoms with Crippen molar-refractivity contribution in [2.75, 3.05) is 0 Å². The number of benzene rings is 1. The van der Waals surface area contributed by atoms with E-state index in [1.54, 1.807) is 0 Å². The van der Waals surface area contributed by atoms with E-state index in [0.717, 1.165) is 25.7 Å². The summed E-state index contributed by atoms with van der Waals surface area (Å²) in [6.45, 7) is 0. The number of hydrogen-bond acceptors (Lipinski definition) is 7. The topological polar surface area (TPSA) is 136 Å². The largest absolute Gasteiger partial charge is 0.446 e. The lowest BCUT2D eigenvalue weighted by molar-refractivity contribution is 0.291. The summed E-state index contributed by atoms with van der Waals surface area (Å²) < 4.78 is 24.7. The zero-order chi connectivity index (χ0) is 20.4. The number of aromatic nitrogens is 4. The van der Waals surface area contributed by atoms with Crippen molar-refractivity contribution in [3.63, 3.8) is 0 Å². The number of halogens is 2. The Morgan fingerprint density at radius 2 is 2.07 bits per heavy atom. The van der Waals surface area contributed by atoms with Crippen molar-refractivity contribution in [3.8, 4) is 17.2 Å². The van der Waals surface area contributed by atoms with E-state index in [4.69, 9.17) is 14.7 Å². The van der Waals surface area contributed by atoms with Crippen LogP contribution in [0, 0.1) is 11.7 Å². The van der Waals surface area contributed by atoms with Crippen LogP contribution in [-0.4, -0.2) is 26.1 Å². The van der Waals surface area contributed by atoms with Crippen LogP contribution in [0.25, 0.3) is 27.6 Å². The third-order valence-corrected chi connectivity index (χ3v) is 5.66. The molecule has 0 unspecified atom stereocenters. The second kappa shape index (κ2) is 8.18. The molecule has 2 heterocycles. The summed E-state index contributed by atoms with van der Waals surface area (Å²) in [6.07, 6.45) is 3.97. The molecule has 0 N–H and O–H groups in total. The van der Waals surface area contributed by atoms with E-state index in [-0.39, 0.29) is 16.3 Å². The highest BCUT2D eigenvalue weighted by Gasteiger charge is 2.27. The van der Waals surface area contributed by atoms with Gasteiger partial charge in [0.1, 0.15) is 11.5 Å². The minimum Gasteiger partial charge on any atom is -0.295 e. The first-order valence-electron chi connectivity index (χ1n) is 8.97. The third-order valence-electron chi connectivity index (χ3n) is 5.05. The summed E-state index contributed by atoms with van der Waals surface area (Å²) in [6, 6.07) is 4.14. The van der Waals surface area contributed by atoms with Crippen LogP contribution in [-0.2, 0) is 6.42 Å². The molecule has 0 atom stereocenters. The van der Waals surface area contributed by atoms with E-state index in [2.05, 4.69) is 41.4 Å². The Labute approximate surface area is 171 Å². The van der Waals surface area contributed by atoms with Crippen LogP contribution < -0.4 is 5.76 Å². The standard InChI is InChI=1S/C17H15BrFN7O3/c18-12-8-11(5-6-13(12)19)26-16(24-28-17(26)27)15-14(22-29-23-15)7-9-1-3-10(4-2-9)21-25-20/h5-6,8-10H,1-4,7H2. The van der Waals surface area contributed by atoms with Gasteiger partial charge in [-0.3, -0.25) is 4.52 Å². The number of hydrogen-bond donors (Lipinski definition) is 0. The number of nitrogens with zero attached hydrogens (tertiary/aromatic N) is 7. The Balaban J connectivity index is 1.62. The van der Waals surface area contributed by atoms with E-state index in [0.29, 0.717) is 29.4 Å². The fraction of sp³-hybridized carbons (Fsp3) is 0.412. The van der Waals surface area contributed by atoms with Gasteiger partial charge >= 0.3 is 5.76 Å². The molecule has 1 aromatic carbocycles. The first kappa shape index (κ1) is 19.3. The van der Waals surface area contributed by atoms with Gasteiger partial charge in [0.25, 0.3) is 0 Å². The highest BCUT2D eigenvalue weighted by molar-refractivity contribution is 9.10. The Hall–Kier alpha value is -2.98. The van der Waals surface area contributed by atoms with E-state index in [1.165, 1.54) is 22.8 Å². The smallest absolute Gasteiger partial charge is 0.295 e. The molecule has 0 spiro atoms. The van der Waals surface area contributed by atoms with Crippen LogP contribution in [0.1, 0.15) is 31.4 Å². The molecule has 1 aliphatic rings. The van der Waals surface area contributed by atoms with Gasteiger partial charge in [0.2, 0.25) is 5.82 Å². The van der Waals surface area contributed by atoms with Gasteiger partial charge in [0.15, 0.2) is 5.69 Å². The Bertz CT molecular complexity index is 1130. The predicted molar refractivity (Wildman–Crippen MR) is 102 cm³/mol. The second-order valence-corrected chi connectivity index (χ2v) is 7.70. The second-order valence-electron chi connectivity index (χ2n) is 6.85. The first-order valence-corrected chi connectivity index (χ1v) is 9.76. The van der Waals surface area contributed by atoms with Crippen LogP contribution in [0.15, 0.2) is 41.7 Å². The molecule has 10 nitrogen and oxygen atoms in total. The maximum atomic E-state index is 13.6. The van der Waals surface area contributed by atoms with E-state index in [1.807, 2.05) is 0 Å². The number of azide groups is 1. The Morgan fingerprint density at radius 1 is 1.28 bits per heavy atom. The molecule has 0 bridgehead atoms. The van der Waals surface area contributed by atoms with E-state index in [9.17, 15) is 9.18 Å². The zero-order valence-electron chi connectivity index (χ0n) is 15.0. The highest BCUT2D eigenvalue weighted by Crippen LogP contribution is 2.31. The molecule has 1 aliphatic carbocycles. The third kappa shape index (κ3) is 3.94. The van der Waals surface area contributed by atoms with Crippen molar-refractivity contribution in [1.82, 2.24) is 20.0 Å². The van der Waals surface area contributed by atoms with Crippen molar-refractivity contribution < 1.29 is 13.5 Å². The fourth-order valence-electron chi connectivity index (χ4n) is 3.57. The molecule has 29 heavy (non-hydrogen) atoms. The Morgan fingerprint density at radius 3 is 2.79 bits per heavy atom. The summed E-state index contributed by atoms with van der Waals surface area (Å²) >= 11 is 3.11. The van der Waals surface area contributed by atoms with Crippen molar-refractivity contribution >= 4 is 15.9 Å². The van der Waals surface area contributed by atoms with Gasteiger partial charge in [-0.25, -0.2) is 18.4 Å². The summed E-state index contributed by atoms with van der Waals surface area (Å²) in [5.41, 5.74) is 9.79.